The Morgan fingerprint density at radius 1 is 1.26 bits per heavy atom. The Morgan fingerprint density at radius 2 is 1.84 bits per heavy atom. The summed E-state index contributed by atoms with van der Waals surface area (Å²) < 4.78 is 0. The van der Waals surface area contributed by atoms with Crippen molar-refractivity contribution >= 4 is 5.91 Å². The van der Waals surface area contributed by atoms with Crippen LogP contribution in [0.15, 0.2) is 24.3 Å². The molecule has 0 saturated carbocycles. The summed E-state index contributed by atoms with van der Waals surface area (Å²) in [6.07, 6.45) is 0.169. The summed E-state index contributed by atoms with van der Waals surface area (Å²) in [5.41, 5.74) is 2.42. The molecule has 106 valence electrons. The van der Waals surface area contributed by atoms with Crippen molar-refractivity contribution in [2.45, 2.75) is 45.4 Å². The first-order valence-corrected chi connectivity index (χ1v) is 6.85. The molecule has 19 heavy (non-hydrogen) atoms. The van der Waals surface area contributed by atoms with E-state index in [1.807, 2.05) is 0 Å². The highest BCUT2D eigenvalue weighted by Gasteiger charge is 2.21. The highest BCUT2D eigenvalue weighted by molar-refractivity contribution is 5.76. The second-order valence-corrected chi connectivity index (χ2v) is 5.91. The van der Waals surface area contributed by atoms with E-state index in [0.29, 0.717) is 12.5 Å². The van der Waals surface area contributed by atoms with Crippen molar-refractivity contribution in [3.05, 3.63) is 35.4 Å². The first-order valence-electron chi connectivity index (χ1n) is 6.85. The van der Waals surface area contributed by atoms with Gasteiger partial charge in [-0.1, -0.05) is 52.0 Å². The highest BCUT2D eigenvalue weighted by Crippen LogP contribution is 2.24. The Kier molecular flexibility index (Phi) is 5.55. The van der Waals surface area contributed by atoms with Gasteiger partial charge in [0, 0.05) is 18.4 Å². The number of carbonyl (C=O) groups excluding carboxylic acids is 1. The Morgan fingerprint density at radius 3 is 2.32 bits per heavy atom. The summed E-state index contributed by atoms with van der Waals surface area (Å²) in [5, 5.41) is 11.6. The molecule has 0 radical (unpaired) electrons. The van der Waals surface area contributed by atoms with Crippen molar-refractivity contribution < 1.29 is 9.90 Å². The smallest absolute Gasteiger partial charge is 0.222 e. The lowest BCUT2D eigenvalue weighted by molar-refractivity contribution is -0.121. The predicted molar refractivity (Wildman–Crippen MR) is 78.3 cm³/mol. The monoisotopic (exact) mass is 263 g/mol. The van der Waals surface area contributed by atoms with Crippen molar-refractivity contribution in [3.63, 3.8) is 0 Å². The van der Waals surface area contributed by atoms with E-state index in [1.54, 1.807) is 0 Å². The largest absolute Gasteiger partial charge is 0.396 e. The van der Waals surface area contributed by atoms with Crippen LogP contribution >= 0.6 is 0 Å². The summed E-state index contributed by atoms with van der Waals surface area (Å²) in [6.45, 7) is 9.04. The second-order valence-electron chi connectivity index (χ2n) is 5.91. The van der Waals surface area contributed by atoms with E-state index >= 15 is 0 Å². The highest BCUT2D eigenvalue weighted by atomic mass is 16.3. The van der Waals surface area contributed by atoms with Gasteiger partial charge >= 0.3 is 0 Å². The number of aliphatic hydroxyl groups is 1. The van der Waals surface area contributed by atoms with Crippen molar-refractivity contribution in [1.82, 2.24) is 5.32 Å². The summed E-state index contributed by atoms with van der Waals surface area (Å²) in [7, 11) is 0. The topological polar surface area (TPSA) is 49.3 Å². The molecule has 1 aromatic carbocycles. The average Bonchev–Trinajstić information content (AvgIpc) is 2.37. The molecule has 3 heteroatoms. The third kappa shape index (κ3) is 4.67. The number of benzene rings is 1. The van der Waals surface area contributed by atoms with Crippen LogP contribution in [0.4, 0.5) is 0 Å². The molecule has 0 saturated heterocycles. The van der Waals surface area contributed by atoms with Crippen molar-refractivity contribution in [2.75, 3.05) is 13.2 Å². The molecule has 0 aromatic heterocycles. The molecule has 0 atom stereocenters. The quantitative estimate of drug-likeness (QED) is 0.829. The maximum atomic E-state index is 11.4. The maximum absolute atomic E-state index is 11.4. The van der Waals surface area contributed by atoms with Crippen LogP contribution in [0, 0.1) is 0 Å². The molecular weight excluding hydrogens is 238 g/mol. The molecule has 0 unspecified atom stereocenters. The standard InChI is InChI=1S/C16H25NO2/c1-12(2)13-5-7-14(8-6-13)16(3,4)11-17-15(19)9-10-18/h5-8,12,18H,9-11H2,1-4H3,(H,17,19). The molecular formula is C16H25NO2. The van der Waals surface area contributed by atoms with E-state index in [1.165, 1.54) is 11.1 Å². The minimum atomic E-state index is -0.110. The van der Waals surface area contributed by atoms with Crippen LogP contribution in [0.1, 0.15) is 51.2 Å². The van der Waals surface area contributed by atoms with Gasteiger partial charge in [-0.3, -0.25) is 4.79 Å². The summed E-state index contributed by atoms with van der Waals surface area (Å²) >= 11 is 0. The average molecular weight is 263 g/mol. The summed E-state index contributed by atoms with van der Waals surface area (Å²) in [6, 6.07) is 8.57. The molecule has 0 aliphatic rings. The lowest BCUT2D eigenvalue weighted by atomic mass is 9.83. The van der Waals surface area contributed by atoms with Gasteiger partial charge in [0.2, 0.25) is 5.91 Å². The van der Waals surface area contributed by atoms with Gasteiger partial charge in [-0.25, -0.2) is 0 Å². The van der Waals surface area contributed by atoms with Crippen LogP contribution < -0.4 is 5.32 Å². The minimum Gasteiger partial charge on any atom is -0.396 e. The van der Waals surface area contributed by atoms with Gasteiger partial charge in [-0.2, -0.15) is 0 Å². The van der Waals surface area contributed by atoms with Crippen LogP contribution in [0.25, 0.3) is 0 Å². The molecule has 1 amide bonds. The second kappa shape index (κ2) is 6.71. The van der Waals surface area contributed by atoms with Crippen LogP contribution in [0.5, 0.6) is 0 Å². The lowest BCUT2D eigenvalue weighted by Crippen LogP contribution is -2.36. The van der Waals surface area contributed by atoms with E-state index in [0.717, 1.165) is 0 Å². The first kappa shape index (κ1) is 15.7. The lowest BCUT2D eigenvalue weighted by Gasteiger charge is -2.26. The van der Waals surface area contributed by atoms with Gasteiger partial charge < -0.3 is 10.4 Å². The zero-order chi connectivity index (χ0) is 14.5. The number of hydrogen-bond acceptors (Lipinski definition) is 2. The van der Waals surface area contributed by atoms with Gasteiger partial charge in [-0.15, -0.1) is 0 Å². The fourth-order valence-electron chi connectivity index (χ4n) is 1.93. The summed E-state index contributed by atoms with van der Waals surface area (Å²) in [4.78, 5) is 11.4. The zero-order valence-corrected chi connectivity index (χ0v) is 12.4. The van der Waals surface area contributed by atoms with E-state index in [4.69, 9.17) is 5.11 Å². The molecule has 2 N–H and O–H groups in total. The maximum Gasteiger partial charge on any atom is 0.222 e. The number of amides is 1. The molecule has 0 aliphatic carbocycles. The Balaban J connectivity index is 2.68. The molecule has 0 spiro atoms. The molecule has 1 rings (SSSR count). The number of carbonyl (C=O) groups is 1. The van der Waals surface area contributed by atoms with E-state index in [2.05, 4.69) is 57.3 Å². The van der Waals surface area contributed by atoms with E-state index in [-0.39, 0.29) is 24.3 Å². The first-order chi connectivity index (χ1) is 8.86. The number of rotatable bonds is 6. The van der Waals surface area contributed by atoms with Gasteiger partial charge in [0.1, 0.15) is 0 Å². The Hall–Kier alpha value is -1.35. The number of hydrogen-bond donors (Lipinski definition) is 2. The van der Waals surface area contributed by atoms with E-state index in [9.17, 15) is 4.79 Å². The predicted octanol–water partition coefficient (Wildman–Crippen LogP) is 2.59. The SMILES string of the molecule is CC(C)c1ccc(C(C)(C)CNC(=O)CCO)cc1. The van der Waals surface area contributed by atoms with Gasteiger partial charge in [0.15, 0.2) is 0 Å². The third-order valence-electron chi connectivity index (χ3n) is 3.43. The molecule has 3 nitrogen and oxygen atoms in total. The molecule has 0 fully saturated rings. The normalized spacial score (nSPS) is 11.7. The molecule has 1 aromatic rings. The molecule has 0 aliphatic heterocycles. The van der Waals surface area contributed by atoms with Crippen LogP contribution in [-0.2, 0) is 10.2 Å². The minimum absolute atomic E-state index is 0.102. The van der Waals surface area contributed by atoms with Crippen LogP contribution in [0.3, 0.4) is 0 Å². The molecule has 0 bridgehead atoms. The fraction of sp³-hybridized carbons (Fsp3) is 0.562. The van der Waals surface area contributed by atoms with Crippen molar-refractivity contribution in [3.8, 4) is 0 Å². The Bertz CT molecular complexity index is 407. The van der Waals surface area contributed by atoms with E-state index < -0.39 is 0 Å². The number of nitrogens with one attached hydrogen (secondary N) is 1. The van der Waals surface area contributed by atoms with Crippen molar-refractivity contribution in [2.24, 2.45) is 0 Å². The number of aliphatic hydroxyl groups excluding tert-OH is 1. The van der Waals surface area contributed by atoms with Crippen LogP contribution in [-0.4, -0.2) is 24.2 Å². The molecule has 0 heterocycles. The zero-order valence-electron chi connectivity index (χ0n) is 12.4. The van der Waals surface area contributed by atoms with Gasteiger partial charge in [-0.05, 0) is 17.0 Å². The van der Waals surface area contributed by atoms with Gasteiger partial charge in [0.25, 0.3) is 0 Å². The fourth-order valence-corrected chi connectivity index (χ4v) is 1.93. The third-order valence-corrected chi connectivity index (χ3v) is 3.43. The van der Waals surface area contributed by atoms with Crippen molar-refractivity contribution in [1.29, 1.82) is 0 Å². The Labute approximate surface area is 116 Å². The van der Waals surface area contributed by atoms with Gasteiger partial charge in [0.05, 0.1) is 6.61 Å². The summed E-state index contributed by atoms with van der Waals surface area (Å²) in [5.74, 6) is 0.427. The van der Waals surface area contributed by atoms with Crippen LogP contribution in [0.2, 0.25) is 0 Å².